The van der Waals surface area contributed by atoms with Crippen LogP contribution in [-0.2, 0) is 28.5 Å². The molecule has 2 aliphatic rings. The normalized spacial score (nSPS) is 35.0. The Labute approximate surface area is 145 Å². The number of benzene rings is 1. The first-order chi connectivity index (χ1) is 11.9. The molecule has 0 saturated carbocycles. The molecule has 0 spiro atoms. The van der Waals surface area contributed by atoms with Crippen LogP contribution in [0.2, 0.25) is 0 Å². The van der Waals surface area contributed by atoms with Gasteiger partial charge in [0.15, 0.2) is 6.29 Å². The van der Waals surface area contributed by atoms with Crippen molar-refractivity contribution in [2.75, 3.05) is 13.4 Å². The summed E-state index contributed by atoms with van der Waals surface area (Å²) in [6.45, 7) is 0. The lowest BCUT2D eigenvalue weighted by Gasteiger charge is -2.40. The maximum Gasteiger partial charge on any atom is 0.264 e. The first-order valence-electron chi connectivity index (χ1n) is 7.74. The molecule has 0 aromatic heterocycles. The number of methoxy groups -OCH3 is 1. The van der Waals surface area contributed by atoms with E-state index in [1.54, 1.807) is 0 Å². The zero-order chi connectivity index (χ0) is 18.0. The van der Waals surface area contributed by atoms with Crippen LogP contribution in [0.5, 0.6) is 0 Å². The van der Waals surface area contributed by atoms with Crippen LogP contribution >= 0.6 is 0 Å². The summed E-state index contributed by atoms with van der Waals surface area (Å²) in [7, 11) is -2.41. The third kappa shape index (κ3) is 3.95. The number of ether oxygens (including phenoxy) is 3. The predicted molar refractivity (Wildman–Crippen MR) is 87.0 cm³/mol. The Morgan fingerprint density at radius 3 is 2.60 bits per heavy atom. The minimum absolute atomic E-state index is 0.274. The van der Waals surface area contributed by atoms with Gasteiger partial charge >= 0.3 is 0 Å². The SMILES string of the molecule is CO[C@@H]1O[C@@H]2C[C@H](c3ccccc3)O[C@@H]2[C@H](OS(C)(=O)=O)[C@H]1N=[N+]=[N-]. The van der Waals surface area contributed by atoms with Crippen molar-refractivity contribution in [1.29, 1.82) is 0 Å². The molecule has 136 valence electrons. The predicted octanol–water partition coefficient (Wildman–Crippen LogP) is 1.91. The monoisotopic (exact) mass is 369 g/mol. The third-order valence-corrected chi connectivity index (χ3v) is 4.83. The van der Waals surface area contributed by atoms with Crippen LogP contribution < -0.4 is 0 Å². The highest BCUT2D eigenvalue weighted by Crippen LogP contribution is 2.42. The standard InChI is InChI=1S/C15H19N3O6S/c1-21-15-12(17-18-16)14(24-25(2,19)20)13-11(23-15)8-10(22-13)9-6-4-3-5-7-9/h3-7,10-15H,8H2,1-2H3/t10-,11-,12-,13+,14-,15-/m1/s1. The summed E-state index contributed by atoms with van der Waals surface area (Å²) in [6.07, 6.45) is -1.89. The van der Waals surface area contributed by atoms with Crippen LogP contribution in [0.1, 0.15) is 18.1 Å². The molecule has 25 heavy (non-hydrogen) atoms. The lowest BCUT2D eigenvalue weighted by atomic mass is 9.96. The average Bonchev–Trinajstić information content (AvgIpc) is 3.00. The first kappa shape index (κ1) is 18.1. The number of hydrogen-bond acceptors (Lipinski definition) is 7. The molecular weight excluding hydrogens is 350 g/mol. The summed E-state index contributed by atoms with van der Waals surface area (Å²) in [4.78, 5) is 2.76. The lowest BCUT2D eigenvalue weighted by molar-refractivity contribution is -0.234. The van der Waals surface area contributed by atoms with Gasteiger partial charge in [0, 0.05) is 18.4 Å². The van der Waals surface area contributed by atoms with E-state index in [1.807, 2.05) is 30.3 Å². The Morgan fingerprint density at radius 1 is 1.28 bits per heavy atom. The van der Waals surface area contributed by atoms with Crippen molar-refractivity contribution in [3.8, 4) is 0 Å². The smallest absolute Gasteiger partial charge is 0.264 e. The van der Waals surface area contributed by atoms with E-state index < -0.39 is 40.8 Å². The molecule has 0 radical (unpaired) electrons. The number of azide groups is 1. The average molecular weight is 369 g/mol. The minimum Gasteiger partial charge on any atom is -0.365 e. The Hall–Kier alpha value is -1.68. The van der Waals surface area contributed by atoms with Crippen LogP contribution in [0.4, 0.5) is 0 Å². The van der Waals surface area contributed by atoms with Crippen molar-refractivity contribution in [1.82, 2.24) is 0 Å². The maximum absolute atomic E-state index is 11.7. The molecule has 0 bridgehead atoms. The highest BCUT2D eigenvalue weighted by Gasteiger charge is 2.53. The molecule has 3 rings (SSSR count). The highest BCUT2D eigenvalue weighted by molar-refractivity contribution is 7.86. The second-order valence-electron chi connectivity index (χ2n) is 5.97. The van der Waals surface area contributed by atoms with E-state index in [9.17, 15) is 8.42 Å². The second kappa shape index (κ2) is 7.28. The summed E-state index contributed by atoms with van der Waals surface area (Å²) in [5.41, 5.74) is 9.77. The molecule has 1 aromatic carbocycles. The van der Waals surface area contributed by atoms with Crippen LogP contribution in [0.15, 0.2) is 35.4 Å². The minimum atomic E-state index is -3.80. The number of nitrogens with zero attached hydrogens (tertiary/aromatic N) is 3. The molecule has 0 amide bonds. The largest absolute Gasteiger partial charge is 0.365 e. The van der Waals surface area contributed by atoms with Gasteiger partial charge in [0.1, 0.15) is 18.2 Å². The maximum atomic E-state index is 11.7. The quantitative estimate of drug-likeness (QED) is 0.338. The molecule has 2 heterocycles. The lowest BCUT2D eigenvalue weighted by Crippen LogP contribution is -2.57. The van der Waals surface area contributed by atoms with Crippen molar-refractivity contribution in [2.24, 2.45) is 5.11 Å². The van der Waals surface area contributed by atoms with Gasteiger partial charge in [-0.1, -0.05) is 35.4 Å². The van der Waals surface area contributed by atoms with Gasteiger partial charge in [0.2, 0.25) is 0 Å². The third-order valence-electron chi connectivity index (χ3n) is 4.26. The van der Waals surface area contributed by atoms with Crippen molar-refractivity contribution < 1.29 is 26.8 Å². The fourth-order valence-electron chi connectivity index (χ4n) is 3.27. The number of rotatable bonds is 5. The molecule has 0 N–H and O–H groups in total. The van der Waals surface area contributed by atoms with Crippen molar-refractivity contribution >= 4 is 10.1 Å². The van der Waals surface area contributed by atoms with E-state index in [4.69, 9.17) is 23.9 Å². The molecule has 2 aliphatic heterocycles. The van der Waals surface area contributed by atoms with Gasteiger partial charge in [-0.2, -0.15) is 8.42 Å². The van der Waals surface area contributed by atoms with Crippen molar-refractivity contribution in [3.05, 3.63) is 46.3 Å². The summed E-state index contributed by atoms with van der Waals surface area (Å²) in [5, 5.41) is 3.62. The number of hydrogen-bond donors (Lipinski definition) is 0. The summed E-state index contributed by atoms with van der Waals surface area (Å²) in [5.74, 6) is 0. The fourth-order valence-corrected chi connectivity index (χ4v) is 3.90. The number of fused-ring (bicyclic) bond motifs is 1. The van der Waals surface area contributed by atoms with Crippen molar-refractivity contribution in [3.63, 3.8) is 0 Å². The van der Waals surface area contributed by atoms with E-state index in [2.05, 4.69) is 10.0 Å². The van der Waals surface area contributed by atoms with Gasteiger partial charge in [-0.05, 0) is 11.1 Å². The molecule has 1 aromatic rings. The molecule has 10 heteroatoms. The van der Waals surface area contributed by atoms with Gasteiger partial charge in [-0.15, -0.1) is 0 Å². The Balaban J connectivity index is 1.91. The fraction of sp³-hybridized carbons (Fsp3) is 0.600. The first-order valence-corrected chi connectivity index (χ1v) is 9.55. The highest BCUT2D eigenvalue weighted by atomic mass is 32.2. The van der Waals surface area contributed by atoms with Crippen LogP contribution in [0.3, 0.4) is 0 Å². The zero-order valence-corrected chi connectivity index (χ0v) is 14.6. The van der Waals surface area contributed by atoms with Gasteiger partial charge in [-0.3, -0.25) is 4.18 Å². The molecule has 0 aliphatic carbocycles. The molecule has 0 unspecified atom stereocenters. The zero-order valence-electron chi connectivity index (χ0n) is 13.8. The molecular formula is C15H19N3O6S. The Kier molecular flexibility index (Phi) is 5.28. The molecule has 6 atom stereocenters. The van der Waals surface area contributed by atoms with E-state index in [0.717, 1.165) is 11.8 Å². The topological polar surface area (TPSA) is 120 Å². The molecule has 2 fully saturated rings. The molecule has 9 nitrogen and oxygen atoms in total. The van der Waals surface area contributed by atoms with E-state index >= 15 is 0 Å². The second-order valence-corrected chi connectivity index (χ2v) is 7.58. The Morgan fingerprint density at radius 2 is 2.00 bits per heavy atom. The van der Waals surface area contributed by atoms with Crippen molar-refractivity contribution in [2.45, 2.75) is 43.2 Å². The van der Waals surface area contributed by atoms with E-state index in [1.165, 1.54) is 7.11 Å². The van der Waals surface area contributed by atoms with E-state index in [0.29, 0.717) is 6.42 Å². The summed E-state index contributed by atoms with van der Waals surface area (Å²) >= 11 is 0. The van der Waals surface area contributed by atoms with Gasteiger partial charge < -0.3 is 14.2 Å². The van der Waals surface area contributed by atoms with Gasteiger partial charge in [0.05, 0.1) is 18.5 Å². The molecule has 2 saturated heterocycles. The summed E-state index contributed by atoms with van der Waals surface area (Å²) < 4.78 is 45.7. The van der Waals surface area contributed by atoms with Crippen LogP contribution in [-0.4, -0.2) is 52.4 Å². The van der Waals surface area contributed by atoms with Crippen LogP contribution in [0.25, 0.3) is 10.4 Å². The van der Waals surface area contributed by atoms with Crippen LogP contribution in [0, 0.1) is 0 Å². The summed E-state index contributed by atoms with van der Waals surface area (Å²) in [6, 6.07) is 8.55. The van der Waals surface area contributed by atoms with E-state index in [-0.39, 0.29) is 6.10 Å². The Bertz CT molecular complexity index is 752. The van der Waals surface area contributed by atoms with Gasteiger partial charge in [-0.25, -0.2) is 0 Å². The van der Waals surface area contributed by atoms with Gasteiger partial charge in [0.25, 0.3) is 10.1 Å².